The van der Waals surface area contributed by atoms with Crippen molar-refractivity contribution in [2.75, 3.05) is 5.32 Å². The first kappa shape index (κ1) is 16.7. The fourth-order valence-electron chi connectivity index (χ4n) is 1.64. The minimum Gasteiger partial charge on any atom is -0.389 e. The zero-order valence-electron chi connectivity index (χ0n) is 10.5. The molecule has 3 nitrogen and oxygen atoms in total. The molecular formula is C14H9BrClIN2OS. The van der Waals surface area contributed by atoms with Gasteiger partial charge in [-0.1, -0.05) is 45.8 Å². The van der Waals surface area contributed by atoms with Crippen molar-refractivity contribution in [1.29, 1.82) is 0 Å². The molecule has 1 amide bonds. The van der Waals surface area contributed by atoms with E-state index in [0.29, 0.717) is 21.8 Å². The average molecular weight is 496 g/mol. The number of hydrogen-bond acceptors (Lipinski definition) is 2. The van der Waals surface area contributed by atoms with Crippen LogP contribution in [0, 0.1) is 3.57 Å². The van der Waals surface area contributed by atoms with Crippen molar-refractivity contribution >= 4 is 78.9 Å². The van der Waals surface area contributed by atoms with Gasteiger partial charge >= 0.3 is 0 Å². The molecule has 0 saturated carbocycles. The van der Waals surface area contributed by atoms with E-state index >= 15 is 0 Å². The normalized spacial score (nSPS) is 10.2. The van der Waals surface area contributed by atoms with Gasteiger partial charge in [0.15, 0.2) is 0 Å². The summed E-state index contributed by atoms with van der Waals surface area (Å²) in [6.07, 6.45) is 0. The van der Waals surface area contributed by atoms with Crippen LogP contribution in [-0.2, 0) is 0 Å². The Balaban J connectivity index is 2.33. The Morgan fingerprint density at radius 1 is 1.29 bits per heavy atom. The number of halogens is 3. The van der Waals surface area contributed by atoms with Crippen LogP contribution in [0.15, 0.2) is 40.9 Å². The first-order valence-corrected chi connectivity index (χ1v) is 8.40. The van der Waals surface area contributed by atoms with E-state index in [1.54, 1.807) is 24.3 Å². The molecule has 108 valence electrons. The highest BCUT2D eigenvalue weighted by atomic mass is 127. The smallest absolute Gasteiger partial charge is 0.256 e. The Morgan fingerprint density at radius 3 is 2.67 bits per heavy atom. The molecular weight excluding hydrogens is 486 g/mol. The lowest BCUT2D eigenvalue weighted by Crippen LogP contribution is -2.15. The van der Waals surface area contributed by atoms with Crippen LogP contribution in [0.25, 0.3) is 0 Å². The topological polar surface area (TPSA) is 55.1 Å². The molecule has 2 rings (SSSR count). The second-order valence-corrected chi connectivity index (χ2v) is 7.06. The van der Waals surface area contributed by atoms with Crippen molar-refractivity contribution < 1.29 is 4.79 Å². The van der Waals surface area contributed by atoms with E-state index in [1.165, 1.54) is 0 Å². The average Bonchev–Trinajstić information content (AvgIpc) is 2.43. The van der Waals surface area contributed by atoms with Crippen molar-refractivity contribution in [3.8, 4) is 0 Å². The summed E-state index contributed by atoms with van der Waals surface area (Å²) in [5.74, 6) is -0.248. The molecule has 0 spiro atoms. The number of hydrogen-bond donors (Lipinski definition) is 2. The van der Waals surface area contributed by atoms with Gasteiger partial charge < -0.3 is 11.1 Å². The zero-order chi connectivity index (χ0) is 15.6. The van der Waals surface area contributed by atoms with Gasteiger partial charge in [-0.25, -0.2) is 0 Å². The summed E-state index contributed by atoms with van der Waals surface area (Å²) in [6, 6.07) is 10.5. The van der Waals surface area contributed by atoms with Gasteiger partial charge in [-0.2, -0.15) is 0 Å². The van der Waals surface area contributed by atoms with Gasteiger partial charge in [0.25, 0.3) is 5.91 Å². The molecule has 0 aromatic heterocycles. The highest BCUT2D eigenvalue weighted by Crippen LogP contribution is 2.25. The minimum absolute atomic E-state index is 0.248. The van der Waals surface area contributed by atoms with Crippen LogP contribution >= 0.6 is 62.3 Å². The summed E-state index contributed by atoms with van der Waals surface area (Å²) in [5.41, 5.74) is 7.27. The lowest BCUT2D eigenvalue weighted by atomic mass is 10.1. The molecule has 21 heavy (non-hydrogen) atoms. The molecule has 7 heteroatoms. The zero-order valence-corrected chi connectivity index (χ0v) is 15.8. The van der Waals surface area contributed by atoms with E-state index in [2.05, 4.69) is 43.8 Å². The molecule has 2 aromatic rings. The maximum atomic E-state index is 12.4. The van der Waals surface area contributed by atoms with Crippen LogP contribution in [0.2, 0.25) is 5.02 Å². The van der Waals surface area contributed by atoms with Crippen molar-refractivity contribution in [3.63, 3.8) is 0 Å². The second kappa shape index (κ2) is 7.04. The van der Waals surface area contributed by atoms with Gasteiger partial charge in [0.05, 0.1) is 16.3 Å². The van der Waals surface area contributed by atoms with E-state index in [9.17, 15) is 4.79 Å². The van der Waals surface area contributed by atoms with Crippen LogP contribution in [0.4, 0.5) is 5.69 Å². The fraction of sp³-hybridized carbons (Fsp3) is 0. The molecule has 0 heterocycles. The lowest BCUT2D eigenvalue weighted by molar-refractivity contribution is 0.102. The van der Waals surface area contributed by atoms with Gasteiger partial charge in [-0.15, -0.1) is 0 Å². The third-order valence-electron chi connectivity index (χ3n) is 2.67. The molecule has 0 bridgehead atoms. The largest absolute Gasteiger partial charge is 0.389 e. The predicted molar refractivity (Wildman–Crippen MR) is 102 cm³/mol. The van der Waals surface area contributed by atoms with Crippen molar-refractivity contribution in [2.45, 2.75) is 0 Å². The summed E-state index contributed by atoms with van der Waals surface area (Å²) in [6.45, 7) is 0. The number of carbonyl (C=O) groups excluding carboxylic acids is 1. The predicted octanol–water partition coefficient (Wildman–Crippen LogP) is 4.59. The minimum atomic E-state index is -0.248. The SMILES string of the molecule is NC(=S)c1ccc(Cl)c(NC(=O)c2cc(Br)ccc2I)c1. The standard InChI is InChI=1S/C14H9BrClIN2OS/c15-8-2-4-11(17)9(6-8)14(20)19-12-5-7(13(18)21)1-3-10(12)16/h1-6H,(H2,18,21)(H,19,20). The highest BCUT2D eigenvalue weighted by Gasteiger charge is 2.13. The Kier molecular flexibility index (Phi) is 5.59. The number of anilines is 1. The fourth-order valence-corrected chi connectivity index (χ4v) is 2.87. The molecule has 0 radical (unpaired) electrons. The number of thiocarbonyl (C=S) groups is 1. The van der Waals surface area contributed by atoms with Crippen molar-refractivity contribution in [3.05, 3.63) is 60.6 Å². The summed E-state index contributed by atoms with van der Waals surface area (Å²) in [5, 5.41) is 3.20. The van der Waals surface area contributed by atoms with Gasteiger partial charge in [0.2, 0.25) is 0 Å². The molecule has 0 aliphatic carbocycles. The van der Waals surface area contributed by atoms with E-state index in [1.807, 2.05) is 12.1 Å². The van der Waals surface area contributed by atoms with E-state index in [0.717, 1.165) is 8.04 Å². The van der Waals surface area contributed by atoms with Gasteiger partial charge in [-0.3, -0.25) is 4.79 Å². The molecule has 3 N–H and O–H groups in total. The lowest BCUT2D eigenvalue weighted by Gasteiger charge is -2.10. The highest BCUT2D eigenvalue weighted by molar-refractivity contribution is 14.1. The van der Waals surface area contributed by atoms with Crippen molar-refractivity contribution in [2.24, 2.45) is 5.73 Å². The van der Waals surface area contributed by atoms with E-state index in [4.69, 9.17) is 29.6 Å². The maximum Gasteiger partial charge on any atom is 0.256 e. The van der Waals surface area contributed by atoms with Gasteiger partial charge in [0.1, 0.15) is 4.99 Å². The number of rotatable bonds is 3. The summed E-state index contributed by atoms with van der Waals surface area (Å²) in [7, 11) is 0. The summed E-state index contributed by atoms with van der Waals surface area (Å²) >= 11 is 16.5. The van der Waals surface area contributed by atoms with Crippen LogP contribution in [0.1, 0.15) is 15.9 Å². The first-order chi connectivity index (χ1) is 9.88. The molecule has 0 unspecified atom stereocenters. The number of nitrogens with two attached hydrogens (primary N) is 1. The molecule has 0 aliphatic rings. The maximum absolute atomic E-state index is 12.4. The van der Waals surface area contributed by atoms with Crippen LogP contribution in [0.5, 0.6) is 0 Å². The number of carbonyl (C=O) groups is 1. The van der Waals surface area contributed by atoms with Crippen molar-refractivity contribution in [1.82, 2.24) is 0 Å². The Labute approximate surface area is 154 Å². The molecule has 0 aliphatic heterocycles. The van der Waals surface area contributed by atoms with Gasteiger partial charge in [0, 0.05) is 13.6 Å². The third kappa shape index (κ3) is 4.15. The molecule has 2 aromatic carbocycles. The Bertz CT molecular complexity index is 739. The first-order valence-electron chi connectivity index (χ1n) is 5.74. The van der Waals surface area contributed by atoms with E-state index in [-0.39, 0.29) is 10.9 Å². The number of nitrogens with one attached hydrogen (secondary N) is 1. The Morgan fingerprint density at radius 2 is 2.00 bits per heavy atom. The summed E-state index contributed by atoms with van der Waals surface area (Å²) < 4.78 is 1.67. The number of benzene rings is 2. The molecule has 0 fully saturated rings. The quantitative estimate of drug-likeness (QED) is 0.484. The van der Waals surface area contributed by atoms with Crippen LogP contribution in [-0.4, -0.2) is 10.9 Å². The van der Waals surface area contributed by atoms with Crippen LogP contribution in [0.3, 0.4) is 0 Å². The van der Waals surface area contributed by atoms with Crippen LogP contribution < -0.4 is 11.1 Å². The van der Waals surface area contributed by atoms with Gasteiger partial charge in [-0.05, 0) is 52.9 Å². The Hall–Kier alpha value is -0.700. The third-order valence-corrected chi connectivity index (χ3v) is 4.67. The number of amides is 1. The molecule has 0 atom stereocenters. The second-order valence-electron chi connectivity index (χ2n) is 4.14. The van der Waals surface area contributed by atoms with E-state index < -0.39 is 0 Å². The summed E-state index contributed by atoms with van der Waals surface area (Å²) in [4.78, 5) is 12.6. The monoisotopic (exact) mass is 494 g/mol. The molecule has 0 saturated heterocycles.